The summed E-state index contributed by atoms with van der Waals surface area (Å²) in [6, 6.07) is 12.3. The van der Waals surface area contributed by atoms with Crippen LogP contribution in [0.5, 0.6) is 0 Å². The topological polar surface area (TPSA) is 80.5 Å². The lowest BCUT2D eigenvalue weighted by Gasteiger charge is -2.23. The van der Waals surface area contributed by atoms with Crippen LogP contribution in [0.15, 0.2) is 42.5 Å². The average Bonchev–Trinajstić information content (AvgIpc) is 2.42. The summed E-state index contributed by atoms with van der Waals surface area (Å²) in [5, 5.41) is 0. The van der Waals surface area contributed by atoms with Crippen molar-refractivity contribution in [1.29, 1.82) is 0 Å². The van der Waals surface area contributed by atoms with Crippen molar-refractivity contribution in [3.05, 3.63) is 64.7 Å². The summed E-state index contributed by atoms with van der Waals surface area (Å²) in [7, 11) is -3.43. The number of aryl methyl sites for hydroxylation is 2. The lowest BCUT2D eigenvalue weighted by atomic mass is 10.1. The molecular weight excluding hydrogens is 312 g/mol. The van der Waals surface area contributed by atoms with E-state index in [1.807, 2.05) is 32.0 Å². The van der Waals surface area contributed by atoms with Crippen molar-refractivity contribution in [2.45, 2.75) is 20.4 Å². The summed E-state index contributed by atoms with van der Waals surface area (Å²) in [5.41, 5.74) is 9.01. The number of anilines is 1. The third kappa shape index (κ3) is 4.32. The molecule has 0 bridgehead atoms. The Morgan fingerprint density at radius 2 is 1.57 bits per heavy atom. The molecule has 0 aliphatic rings. The van der Waals surface area contributed by atoms with Gasteiger partial charge in [-0.1, -0.05) is 18.2 Å². The highest BCUT2D eigenvalue weighted by atomic mass is 32.2. The van der Waals surface area contributed by atoms with Crippen molar-refractivity contribution < 1.29 is 13.2 Å². The molecule has 0 atom stereocenters. The van der Waals surface area contributed by atoms with Crippen LogP contribution < -0.4 is 10.0 Å². The summed E-state index contributed by atoms with van der Waals surface area (Å²) in [6.45, 7) is 4.05. The molecule has 0 saturated carbocycles. The van der Waals surface area contributed by atoms with Crippen LogP contribution in [0.3, 0.4) is 0 Å². The first-order valence-electron chi connectivity index (χ1n) is 7.11. The van der Waals surface area contributed by atoms with E-state index >= 15 is 0 Å². The molecule has 0 fully saturated rings. The van der Waals surface area contributed by atoms with Crippen molar-refractivity contribution in [3.63, 3.8) is 0 Å². The first kappa shape index (κ1) is 17.0. The number of nitrogens with zero attached hydrogens (tertiary/aromatic N) is 1. The molecule has 0 aliphatic heterocycles. The smallest absolute Gasteiger partial charge is 0.248 e. The molecule has 0 spiro atoms. The Morgan fingerprint density at radius 1 is 1.04 bits per heavy atom. The fourth-order valence-electron chi connectivity index (χ4n) is 2.43. The van der Waals surface area contributed by atoms with Crippen LogP contribution in [0.1, 0.15) is 27.0 Å². The second kappa shape index (κ2) is 6.42. The summed E-state index contributed by atoms with van der Waals surface area (Å²) in [4.78, 5) is 11.1. The van der Waals surface area contributed by atoms with Crippen molar-refractivity contribution in [2.75, 3.05) is 10.6 Å². The zero-order valence-corrected chi connectivity index (χ0v) is 14.2. The minimum absolute atomic E-state index is 0.195. The van der Waals surface area contributed by atoms with Gasteiger partial charge in [0.2, 0.25) is 15.9 Å². The van der Waals surface area contributed by atoms with E-state index in [1.165, 1.54) is 10.6 Å². The zero-order chi connectivity index (χ0) is 17.2. The van der Waals surface area contributed by atoms with Gasteiger partial charge in [0, 0.05) is 5.56 Å². The first-order chi connectivity index (χ1) is 10.7. The monoisotopic (exact) mass is 332 g/mol. The number of hydrogen-bond donors (Lipinski definition) is 1. The number of nitrogens with two attached hydrogens (primary N) is 1. The minimum Gasteiger partial charge on any atom is -0.366 e. The van der Waals surface area contributed by atoms with Gasteiger partial charge in [-0.05, 0) is 54.8 Å². The van der Waals surface area contributed by atoms with E-state index < -0.39 is 15.9 Å². The molecule has 6 heteroatoms. The highest BCUT2D eigenvalue weighted by Crippen LogP contribution is 2.23. The summed E-state index contributed by atoms with van der Waals surface area (Å²) in [5.74, 6) is -0.508. The van der Waals surface area contributed by atoms with E-state index in [2.05, 4.69) is 0 Å². The Kier molecular flexibility index (Phi) is 4.75. The molecule has 2 N–H and O–H groups in total. The number of rotatable bonds is 5. The number of carbonyl (C=O) groups is 1. The number of hydrogen-bond acceptors (Lipinski definition) is 3. The van der Waals surface area contributed by atoms with E-state index in [0.29, 0.717) is 11.3 Å². The van der Waals surface area contributed by atoms with Crippen LogP contribution in [0.25, 0.3) is 0 Å². The Bertz CT molecular complexity index is 807. The normalized spacial score (nSPS) is 11.3. The van der Waals surface area contributed by atoms with Crippen molar-refractivity contribution in [3.8, 4) is 0 Å². The van der Waals surface area contributed by atoms with Gasteiger partial charge >= 0.3 is 0 Å². The predicted molar refractivity (Wildman–Crippen MR) is 91.9 cm³/mol. The standard InChI is InChI=1S/C17H20N2O3S/c1-12-8-13(2)10-16(9-12)19(23(3,21)22)11-14-4-6-15(7-5-14)17(18)20/h4-10H,11H2,1-3H3,(H2,18,20). The lowest BCUT2D eigenvalue weighted by Crippen LogP contribution is -2.29. The SMILES string of the molecule is Cc1cc(C)cc(N(Cc2ccc(C(N)=O)cc2)S(C)(=O)=O)c1. The highest BCUT2D eigenvalue weighted by Gasteiger charge is 2.18. The van der Waals surface area contributed by atoms with E-state index in [-0.39, 0.29) is 6.54 Å². The lowest BCUT2D eigenvalue weighted by molar-refractivity contribution is 0.100. The van der Waals surface area contributed by atoms with Crippen molar-refractivity contribution in [2.24, 2.45) is 5.73 Å². The van der Waals surface area contributed by atoms with Crippen LogP contribution in [0.2, 0.25) is 0 Å². The summed E-state index contributed by atoms with van der Waals surface area (Å²) in [6.07, 6.45) is 1.18. The molecule has 2 rings (SSSR count). The second-order valence-corrected chi connectivity index (χ2v) is 7.58. The summed E-state index contributed by atoms with van der Waals surface area (Å²) < 4.78 is 25.7. The van der Waals surface area contributed by atoms with Gasteiger partial charge in [-0.15, -0.1) is 0 Å². The molecule has 5 nitrogen and oxygen atoms in total. The van der Waals surface area contributed by atoms with Crippen LogP contribution in [-0.2, 0) is 16.6 Å². The Morgan fingerprint density at radius 3 is 2.00 bits per heavy atom. The number of sulfonamides is 1. The number of benzene rings is 2. The van der Waals surface area contributed by atoms with Gasteiger partial charge in [0.15, 0.2) is 0 Å². The van der Waals surface area contributed by atoms with Crippen LogP contribution >= 0.6 is 0 Å². The Labute approximate surface area is 136 Å². The zero-order valence-electron chi connectivity index (χ0n) is 13.4. The molecule has 0 heterocycles. The van der Waals surface area contributed by atoms with Crippen LogP contribution in [0.4, 0.5) is 5.69 Å². The van der Waals surface area contributed by atoms with Gasteiger partial charge in [-0.2, -0.15) is 0 Å². The fourth-order valence-corrected chi connectivity index (χ4v) is 3.31. The molecule has 2 aromatic carbocycles. The molecule has 122 valence electrons. The number of carbonyl (C=O) groups excluding carboxylic acids is 1. The molecule has 1 amide bonds. The fraction of sp³-hybridized carbons (Fsp3) is 0.235. The van der Waals surface area contributed by atoms with Gasteiger partial charge in [0.1, 0.15) is 0 Å². The Hall–Kier alpha value is -2.34. The summed E-state index contributed by atoms with van der Waals surface area (Å²) >= 11 is 0. The second-order valence-electron chi connectivity index (χ2n) is 5.68. The van der Waals surface area contributed by atoms with Crippen LogP contribution in [-0.4, -0.2) is 20.6 Å². The number of primary amides is 1. The van der Waals surface area contributed by atoms with E-state index in [0.717, 1.165) is 16.7 Å². The van der Waals surface area contributed by atoms with Crippen molar-refractivity contribution in [1.82, 2.24) is 0 Å². The maximum Gasteiger partial charge on any atom is 0.248 e. The molecule has 0 unspecified atom stereocenters. The van der Waals surface area contributed by atoms with Gasteiger partial charge < -0.3 is 5.73 Å². The number of amides is 1. The average molecular weight is 332 g/mol. The third-order valence-electron chi connectivity index (χ3n) is 3.46. The molecule has 2 aromatic rings. The first-order valence-corrected chi connectivity index (χ1v) is 8.96. The Balaban J connectivity index is 2.38. The van der Waals surface area contributed by atoms with Crippen molar-refractivity contribution >= 4 is 21.6 Å². The van der Waals surface area contributed by atoms with Gasteiger partial charge in [0.25, 0.3) is 0 Å². The van der Waals surface area contributed by atoms with E-state index in [9.17, 15) is 13.2 Å². The highest BCUT2D eigenvalue weighted by molar-refractivity contribution is 7.92. The molecule has 0 aliphatic carbocycles. The van der Waals surface area contributed by atoms with Gasteiger partial charge in [-0.25, -0.2) is 8.42 Å². The van der Waals surface area contributed by atoms with E-state index in [1.54, 1.807) is 24.3 Å². The molecule has 0 radical (unpaired) electrons. The third-order valence-corrected chi connectivity index (χ3v) is 4.60. The molecule has 0 aromatic heterocycles. The minimum atomic E-state index is -3.43. The molecule has 23 heavy (non-hydrogen) atoms. The van der Waals surface area contributed by atoms with E-state index in [4.69, 9.17) is 5.73 Å². The van der Waals surface area contributed by atoms with Gasteiger partial charge in [0.05, 0.1) is 18.5 Å². The maximum atomic E-state index is 12.2. The van der Waals surface area contributed by atoms with Crippen LogP contribution in [0, 0.1) is 13.8 Å². The van der Waals surface area contributed by atoms with Gasteiger partial charge in [-0.3, -0.25) is 9.10 Å². The quantitative estimate of drug-likeness (QED) is 0.913. The maximum absolute atomic E-state index is 12.2. The molecular formula is C17H20N2O3S. The predicted octanol–water partition coefficient (Wildman–Crippen LogP) is 2.37. The molecule has 0 saturated heterocycles. The largest absolute Gasteiger partial charge is 0.366 e.